The van der Waals surface area contributed by atoms with Gasteiger partial charge in [0.15, 0.2) is 0 Å². The van der Waals surface area contributed by atoms with Crippen molar-refractivity contribution in [2.75, 3.05) is 31.2 Å². The monoisotopic (exact) mass is 284 g/mol. The summed E-state index contributed by atoms with van der Waals surface area (Å²) in [5.74, 6) is 0.667. The number of hydrogen-bond acceptors (Lipinski definition) is 4. The molecule has 5 nitrogen and oxygen atoms in total. The van der Waals surface area contributed by atoms with E-state index in [4.69, 9.17) is 10.5 Å². The first-order valence-corrected chi connectivity index (χ1v) is 8.15. The first-order valence-electron chi connectivity index (χ1n) is 6.54. The molecule has 2 N–H and O–H groups in total. The van der Waals surface area contributed by atoms with E-state index in [0.717, 1.165) is 19.3 Å². The maximum Gasteiger partial charge on any atom is 0.217 e. The number of piperidine rings is 1. The summed E-state index contributed by atoms with van der Waals surface area (Å²) in [6, 6.07) is 6.94. The van der Waals surface area contributed by atoms with Crippen molar-refractivity contribution >= 4 is 15.7 Å². The van der Waals surface area contributed by atoms with Crippen LogP contribution in [-0.2, 0) is 10.0 Å². The van der Waals surface area contributed by atoms with Crippen LogP contribution in [0.2, 0.25) is 0 Å². The van der Waals surface area contributed by atoms with Gasteiger partial charge in [-0.2, -0.15) is 0 Å². The van der Waals surface area contributed by atoms with Crippen LogP contribution in [0.4, 0.5) is 5.69 Å². The highest BCUT2D eigenvalue weighted by Crippen LogP contribution is 2.15. The van der Waals surface area contributed by atoms with Crippen molar-refractivity contribution in [1.82, 2.24) is 4.31 Å². The van der Waals surface area contributed by atoms with Gasteiger partial charge < -0.3 is 10.5 Å². The SMILES string of the molecule is Nc1ccc(OCCS(=O)(=O)N2CCCCC2)cc1. The van der Waals surface area contributed by atoms with Gasteiger partial charge in [0.05, 0.1) is 5.75 Å². The number of nitrogens with two attached hydrogens (primary N) is 1. The van der Waals surface area contributed by atoms with E-state index >= 15 is 0 Å². The second-order valence-corrected chi connectivity index (χ2v) is 6.78. The molecule has 106 valence electrons. The molecule has 1 saturated heterocycles. The van der Waals surface area contributed by atoms with E-state index in [2.05, 4.69) is 0 Å². The fraction of sp³-hybridized carbons (Fsp3) is 0.538. The maximum atomic E-state index is 12.1. The van der Waals surface area contributed by atoms with Crippen LogP contribution in [-0.4, -0.2) is 38.2 Å². The Morgan fingerprint density at radius 2 is 1.74 bits per heavy atom. The van der Waals surface area contributed by atoms with Gasteiger partial charge in [0, 0.05) is 18.8 Å². The van der Waals surface area contributed by atoms with Crippen molar-refractivity contribution in [1.29, 1.82) is 0 Å². The fourth-order valence-corrected chi connectivity index (χ4v) is 3.47. The van der Waals surface area contributed by atoms with Gasteiger partial charge in [-0.3, -0.25) is 0 Å². The van der Waals surface area contributed by atoms with Crippen molar-refractivity contribution < 1.29 is 13.2 Å². The lowest BCUT2D eigenvalue weighted by atomic mass is 10.2. The number of hydrogen-bond donors (Lipinski definition) is 1. The van der Waals surface area contributed by atoms with E-state index in [-0.39, 0.29) is 12.4 Å². The highest BCUT2D eigenvalue weighted by Gasteiger charge is 2.23. The number of rotatable bonds is 5. The number of sulfonamides is 1. The van der Waals surface area contributed by atoms with Gasteiger partial charge in [0.25, 0.3) is 0 Å². The molecule has 0 unspecified atom stereocenters. The molecule has 0 aromatic heterocycles. The van der Waals surface area contributed by atoms with Crippen molar-refractivity contribution in [3.05, 3.63) is 24.3 Å². The molecule has 0 radical (unpaired) electrons. The third-order valence-electron chi connectivity index (χ3n) is 3.20. The Balaban J connectivity index is 1.82. The standard InChI is InChI=1S/C13H20N2O3S/c14-12-4-6-13(7-5-12)18-10-11-19(16,17)15-8-2-1-3-9-15/h4-7H,1-3,8-11,14H2. The summed E-state index contributed by atoms with van der Waals surface area (Å²) in [4.78, 5) is 0. The number of nitrogens with zero attached hydrogens (tertiary/aromatic N) is 1. The smallest absolute Gasteiger partial charge is 0.217 e. The summed E-state index contributed by atoms with van der Waals surface area (Å²) in [6.45, 7) is 1.46. The zero-order chi connectivity index (χ0) is 13.7. The number of anilines is 1. The minimum Gasteiger partial charge on any atom is -0.492 e. The van der Waals surface area contributed by atoms with Crippen LogP contribution >= 0.6 is 0 Å². The Labute approximate surface area is 114 Å². The maximum absolute atomic E-state index is 12.1. The van der Waals surface area contributed by atoms with Crippen molar-refractivity contribution in [2.24, 2.45) is 0 Å². The highest BCUT2D eigenvalue weighted by atomic mass is 32.2. The zero-order valence-corrected chi connectivity index (χ0v) is 11.7. The summed E-state index contributed by atoms with van der Waals surface area (Å²) in [6.07, 6.45) is 3.03. The first kappa shape index (κ1) is 14.1. The summed E-state index contributed by atoms with van der Waals surface area (Å²) in [7, 11) is -3.18. The topological polar surface area (TPSA) is 72.6 Å². The Morgan fingerprint density at radius 3 is 2.37 bits per heavy atom. The second kappa shape index (κ2) is 6.25. The van der Waals surface area contributed by atoms with Crippen molar-refractivity contribution in [3.63, 3.8) is 0 Å². The Bertz CT molecular complexity index is 493. The lowest BCUT2D eigenvalue weighted by Gasteiger charge is -2.25. The van der Waals surface area contributed by atoms with Crippen LogP contribution in [0, 0.1) is 0 Å². The Kier molecular flexibility index (Phi) is 4.66. The molecule has 2 rings (SSSR count). The van der Waals surface area contributed by atoms with Gasteiger partial charge in [0.1, 0.15) is 12.4 Å². The quantitative estimate of drug-likeness (QED) is 0.831. The molecule has 1 aromatic carbocycles. The Morgan fingerprint density at radius 1 is 1.11 bits per heavy atom. The lowest BCUT2D eigenvalue weighted by Crippen LogP contribution is -2.38. The molecule has 0 aliphatic carbocycles. The molecule has 0 saturated carbocycles. The van der Waals surface area contributed by atoms with Crippen molar-refractivity contribution in [3.8, 4) is 5.75 Å². The predicted molar refractivity (Wildman–Crippen MR) is 75.6 cm³/mol. The molecule has 19 heavy (non-hydrogen) atoms. The number of nitrogen functional groups attached to an aromatic ring is 1. The average molecular weight is 284 g/mol. The second-order valence-electron chi connectivity index (χ2n) is 4.69. The van der Waals surface area contributed by atoms with Crippen LogP contribution < -0.4 is 10.5 Å². The van der Waals surface area contributed by atoms with Crippen LogP contribution in [0.15, 0.2) is 24.3 Å². The number of ether oxygens (including phenoxy) is 1. The van der Waals surface area contributed by atoms with Crippen LogP contribution in [0.25, 0.3) is 0 Å². The molecule has 1 aromatic rings. The van der Waals surface area contributed by atoms with Gasteiger partial charge in [0.2, 0.25) is 10.0 Å². The fourth-order valence-electron chi connectivity index (χ4n) is 2.10. The molecular formula is C13H20N2O3S. The van der Waals surface area contributed by atoms with E-state index < -0.39 is 10.0 Å². The van der Waals surface area contributed by atoms with Gasteiger partial charge in [-0.1, -0.05) is 6.42 Å². The minimum absolute atomic E-state index is 0.0252. The summed E-state index contributed by atoms with van der Waals surface area (Å²) >= 11 is 0. The molecular weight excluding hydrogens is 264 g/mol. The molecule has 1 heterocycles. The molecule has 1 aliphatic heterocycles. The highest BCUT2D eigenvalue weighted by molar-refractivity contribution is 7.89. The van der Waals surface area contributed by atoms with E-state index in [1.807, 2.05) is 0 Å². The van der Waals surface area contributed by atoms with Gasteiger partial charge >= 0.3 is 0 Å². The third kappa shape index (κ3) is 4.11. The van der Waals surface area contributed by atoms with Crippen LogP contribution in [0.5, 0.6) is 5.75 Å². The molecule has 0 atom stereocenters. The van der Waals surface area contributed by atoms with Gasteiger partial charge in [-0.05, 0) is 37.1 Å². The van der Waals surface area contributed by atoms with E-state index in [0.29, 0.717) is 24.5 Å². The lowest BCUT2D eigenvalue weighted by molar-refractivity contribution is 0.321. The van der Waals surface area contributed by atoms with E-state index in [9.17, 15) is 8.42 Å². The Hall–Kier alpha value is -1.27. The molecule has 0 spiro atoms. The third-order valence-corrected chi connectivity index (χ3v) is 5.03. The predicted octanol–water partition coefficient (Wildman–Crippen LogP) is 1.46. The van der Waals surface area contributed by atoms with Crippen molar-refractivity contribution in [2.45, 2.75) is 19.3 Å². The van der Waals surface area contributed by atoms with Crippen LogP contribution in [0.3, 0.4) is 0 Å². The number of benzene rings is 1. The first-order chi connectivity index (χ1) is 9.08. The molecule has 0 bridgehead atoms. The van der Waals surface area contributed by atoms with Gasteiger partial charge in [-0.15, -0.1) is 0 Å². The van der Waals surface area contributed by atoms with Gasteiger partial charge in [-0.25, -0.2) is 12.7 Å². The van der Waals surface area contributed by atoms with Crippen LogP contribution in [0.1, 0.15) is 19.3 Å². The molecule has 6 heteroatoms. The summed E-state index contributed by atoms with van der Waals surface area (Å²) < 4.78 is 31.1. The molecule has 1 fully saturated rings. The van der Waals surface area contributed by atoms with E-state index in [1.54, 1.807) is 28.6 Å². The van der Waals surface area contributed by atoms with E-state index in [1.165, 1.54) is 0 Å². The largest absolute Gasteiger partial charge is 0.492 e. The summed E-state index contributed by atoms with van der Waals surface area (Å²) in [5, 5.41) is 0. The summed E-state index contributed by atoms with van der Waals surface area (Å²) in [5.41, 5.74) is 6.22. The molecule has 1 aliphatic rings. The zero-order valence-electron chi connectivity index (χ0n) is 10.9. The molecule has 0 amide bonds. The minimum atomic E-state index is -3.18. The normalized spacial score (nSPS) is 17.3. The average Bonchev–Trinajstić information content (AvgIpc) is 2.42.